The molecule has 0 radical (unpaired) electrons. The van der Waals surface area contributed by atoms with Crippen LogP contribution in [0.25, 0.3) is 0 Å². The number of phosphoric acid groups is 2. The summed E-state index contributed by atoms with van der Waals surface area (Å²) < 4.78 is 68.5. The number of phosphoric ester groups is 2. The van der Waals surface area contributed by atoms with Gasteiger partial charge in [-0.1, -0.05) is 337 Å². The molecule has 0 saturated heterocycles. The molecule has 17 nitrogen and oxygen atoms in total. The normalized spacial score (nSPS) is 14.3. The van der Waals surface area contributed by atoms with Crippen LogP contribution < -0.4 is 0 Å². The quantitative estimate of drug-likeness (QED) is 0.0222. The summed E-state index contributed by atoms with van der Waals surface area (Å²) in [6, 6.07) is 0. The van der Waals surface area contributed by atoms with Gasteiger partial charge in [0.25, 0.3) is 0 Å². The van der Waals surface area contributed by atoms with Crippen molar-refractivity contribution < 1.29 is 80.2 Å². The van der Waals surface area contributed by atoms with Crippen molar-refractivity contribution in [3.05, 3.63) is 0 Å². The van der Waals surface area contributed by atoms with E-state index in [-0.39, 0.29) is 25.7 Å². The Labute approximate surface area is 575 Å². The monoisotopic (exact) mass is 1380 g/mol. The van der Waals surface area contributed by atoms with Gasteiger partial charge in [0.1, 0.15) is 19.3 Å². The van der Waals surface area contributed by atoms with E-state index >= 15 is 0 Å². The highest BCUT2D eigenvalue weighted by atomic mass is 31.2. The molecule has 3 N–H and O–H groups in total. The lowest BCUT2D eigenvalue weighted by atomic mass is 9.99. The highest BCUT2D eigenvalue weighted by molar-refractivity contribution is 7.47. The van der Waals surface area contributed by atoms with Gasteiger partial charge in [0.2, 0.25) is 0 Å². The van der Waals surface area contributed by atoms with Gasteiger partial charge in [0.15, 0.2) is 12.2 Å². The van der Waals surface area contributed by atoms with Crippen LogP contribution in [0.1, 0.15) is 388 Å². The van der Waals surface area contributed by atoms with Gasteiger partial charge >= 0.3 is 39.5 Å². The van der Waals surface area contributed by atoms with Crippen molar-refractivity contribution in [2.75, 3.05) is 39.6 Å². The first kappa shape index (κ1) is 92.1. The lowest BCUT2D eigenvalue weighted by Gasteiger charge is -2.21. The fourth-order valence-corrected chi connectivity index (χ4v) is 13.0. The Morgan fingerprint density at radius 1 is 0.309 bits per heavy atom. The average molecular weight is 1380 g/mol. The molecule has 0 saturated carbocycles. The zero-order chi connectivity index (χ0) is 69.3. The molecule has 0 aliphatic heterocycles. The molecular formula is C75H146O17P2. The van der Waals surface area contributed by atoms with Gasteiger partial charge in [-0.15, -0.1) is 0 Å². The average Bonchev–Trinajstić information content (AvgIpc) is 2.87. The summed E-state index contributed by atoms with van der Waals surface area (Å²) >= 11 is 0. The second kappa shape index (κ2) is 66.9. The zero-order valence-electron chi connectivity index (χ0n) is 61.3. The number of carbonyl (C=O) groups excluding carboxylic acids is 4. The predicted molar refractivity (Wildman–Crippen MR) is 381 cm³/mol. The molecular weight excluding hydrogens is 1230 g/mol. The van der Waals surface area contributed by atoms with Crippen LogP contribution in [-0.2, 0) is 65.4 Å². The van der Waals surface area contributed by atoms with Crippen molar-refractivity contribution >= 4 is 39.5 Å². The summed E-state index contributed by atoms with van der Waals surface area (Å²) in [7, 11) is -9.91. The Balaban J connectivity index is 5.23. The molecule has 0 spiro atoms. The van der Waals surface area contributed by atoms with Gasteiger partial charge in [-0.05, 0) is 37.5 Å². The van der Waals surface area contributed by atoms with Crippen LogP contribution in [0.3, 0.4) is 0 Å². The molecule has 0 fully saturated rings. The fraction of sp³-hybridized carbons (Fsp3) is 0.947. The molecule has 0 aliphatic rings. The van der Waals surface area contributed by atoms with Crippen LogP contribution >= 0.6 is 15.6 Å². The van der Waals surface area contributed by atoms with Crippen LogP contribution in [-0.4, -0.2) is 96.7 Å². The fourth-order valence-electron chi connectivity index (χ4n) is 11.4. The molecule has 0 heterocycles. The van der Waals surface area contributed by atoms with Crippen molar-refractivity contribution in [1.82, 2.24) is 0 Å². The Bertz CT molecular complexity index is 1820. The van der Waals surface area contributed by atoms with Crippen LogP contribution in [0, 0.1) is 11.8 Å². The minimum Gasteiger partial charge on any atom is -0.462 e. The Kier molecular flexibility index (Phi) is 65.5. The molecule has 558 valence electrons. The molecule has 0 amide bonds. The Morgan fingerprint density at radius 2 is 0.543 bits per heavy atom. The lowest BCUT2D eigenvalue weighted by molar-refractivity contribution is -0.161. The number of hydrogen-bond donors (Lipinski definition) is 3. The SMILES string of the molecule is CCCCCCCCCCCCCCCCCCCCCC(=O)O[C@H](COC(=O)CCCCCCCCCCCCC(C)C)COP(=O)(O)OC[C@@H](O)COP(=O)(O)OC[C@@H](COC(=O)CCCCCCCCCCCC)OC(=O)CCCCCCCCCCC(C)CC. The molecule has 0 aromatic heterocycles. The first-order valence-electron chi connectivity index (χ1n) is 39.0. The van der Waals surface area contributed by atoms with E-state index in [2.05, 4.69) is 41.5 Å². The number of unbranched alkanes of at least 4 members (excludes halogenated alkanes) is 43. The van der Waals surface area contributed by atoms with E-state index in [0.717, 1.165) is 102 Å². The van der Waals surface area contributed by atoms with E-state index in [0.29, 0.717) is 25.7 Å². The van der Waals surface area contributed by atoms with Gasteiger partial charge in [-0.2, -0.15) is 0 Å². The number of ether oxygens (including phenoxy) is 4. The summed E-state index contributed by atoms with van der Waals surface area (Å²) in [5, 5.41) is 10.6. The second-order valence-electron chi connectivity index (χ2n) is 27.8. The van der Waals surface area contributed by atoms with Crippen LogP contribution in [0.5, 0.6) is 0 Å². The summed E-state index contributed by atoms with van der Waals surface area (Å²) in [5.41, 5.74) is 0. The molecule has 0 aliphatic carbocycles. The minimum atomic E-state index is -4.96. The highest BCUT2D eigenvalue weighted by Crippen LogP contribution is 2.45. The molecule has 0 aromatic rings. The van der Waals surface area contributed by atoms with Crippen molar-refractivity contribution in [2.24, 2.45) is 11.8 Å². The third kappa shape index (κ3) is 67.3. The Hall–Kier alpha value is -1.94. The maximum Gasteiger partial charge on any atom is 0.472 e. The van der Waals surface area contributed by atoms with Gasteiger partial charge in [0.05, 0.1) is 26.4 Å². The first-order chi connectivity index (χ1) is 45.4. The van der Waals surface area contributed by atoms with Crippen LogP contribution in [0.4, 0.5) is 0 Å². The van der Waals surface area contributed by atoms with Crippen molar-refractivity contribution in [3.8, 4) is 0 Å². The largest absolute Gasteiger partial charge is 0.472 e. The van der Waals surface area contributed by atoms with Gasteiger partial charge in [0, 0.05) is 25.7 Å². The Morgan fingerprint density at radius 3 is 0.809 bits per heavy atom. The van der Waals surface area contributed by atoms with Crippen LogP contribution in [0.15, 0.2) is 0 Å². The maximum atomic E-state index is 13.1. The third-order valence-corrected chi connectivity index (χ3v) is 19.7. The van der Waals surface area contributed by atoms with Gasteiger partial charge < -0.3 is 33.8 Å². The smallest absolute Gasteiger partial charge is 0.462 e. The van der Waals surface area contributed by atoms with E-state index in [1.54, 1.807) is 0 Å². The zero-order valence-corrected chi connectivity index (χ0v) is 63.1. The highest BCUT2D eigenvalue weighted by Gasteiger charge is 2.30. The molecule has 0 aromatic carbocycles. The van der Waals surface area contributed by atoms with E-state index in [1.807, 2.05) is 0 Å². The lowest BCUT2D eigenvalue weighted by Crippen LogP contribution is -2.30. The van der Waals surface area contributed by atoms with Crippen LogP contribution in [0.2, 0.25) is 0 Å². The number of carbonyl (C=O) groups is 4. The van der Waals surface area contributed by atoms with E-state index in [9.17, 15) is 43.2 Å². The number of esters is 4. The van der Waals surface area contributed by atoms with Gasteiger partial charge in [-0.25, -0.2) is 9.13 Å². The number of hydrogen-bond acceptors (Lipinski definition) is 15. The third-order valence-electron chi connectivity index (χ3n) is 17.8. The van der Waals surface area contributed by atoms with E-state index in [4.69, 9.17) is 37.0 Å². The standard InChI is InChI=1S/C75H146O17P2/c1-7-10-12-14-16-18-20-21-22-23-24-25-26-27-28-34-41-47-53-59-74(79)91-70(63-86-73(78)58-52-46-40-33-30-29-31-37-43-49-55-67(4)5)65-89-93(81,82)87-61-69(76)62-88-94(83,84)90-66-71(64-85-72(77)57-51-45-39-32-19-17-15-13-11-8-2)92-75(80)60-54-48-42-36-35-38-44-50-56-68(6)9-3/h67-71,76H,7-66H2,1-6H3,(H,81,82)(H,83,84)/t68?,69-,70-,71-/m1/s1. The molecule has 3 unspecified atom stereocenters. The van der Waals surface area contributed by atoms with Crippen molar-refractivity contribution in [3.63, 3.8) is 0 Å². The summed E-state index contributed by atoms with van der Waals surface area (Å²) in [6.45, 7) is 9.57. The number of aliphatic hydroxyl groups is 1. The summed E-state index contributed by atoms with van der Waals surface area (Å²) in [5.74, 6) is -0.590. The predicted octanol–water partition coefficient (Wildman–Crippen LogP) is 21.9. The first-order valence-corrected chi connectivity index (χ1v) is 42.0. The maximum absolute atomic E-state index is 13.1. The number of rotatable bonds is 74. The van der Waals surface area contributed by atoms with E-state index in [1.165, 1.54) is 205 Å². The minimum absolute atomic E-state index is 0.105. The summed E-state index contributed by atoms with van der Waals surface area (Å²) in [4.78, 5) is 72.7. The summed E-state index contributed by atoms with van der Waals surface area (Å²) in [6.07, 6.45) is 54.1. The molecule has 0 rings (SSSR count). The van der Waals surface area contributed by atoms with Gasteiger partial charge in [-0.3, -0.25) is 37.3 Å². The topological polar surface area (TPSA) is 237 Å². The molecule has 0 bridgehead atoms. The van der Waals surface area contributed by atoms with Crippen molar-refractivity contribution in [2.45, 2.75) is 407 Å². The second-order valence-corrected chi connectivity index (χ2v) is 30.7. The number of aliphatic hydroxyl groups excluding tert-OH is 1. The molecule has 6 atom stereocenters. The molecule has 19 heteroatoms. The van der Waals surface area contributed by atoms with Crippen molar-refractivity contribution in [1.29, 1.82) is 0 Å². The van der Waals surface area contributed by atoms with E-state index < -0.39 is 97.5 Å². The molecule has 94 heavy (non-hydrogen) atoms.